The van der Waals surface area contributed by atoms with Gasteiger partial charge in [-0.1, -0.05) is 30.3 Å². The first-order valence-corrected chi connectivity index (χ1v) is 7.58. The van der Waals surface area contributed by atoms with Crippen molar-refractivity contribution in [3.05, 3.63) is 35.9 Å². The number of likely N-dealkylation sites (tertiary alicyclic amines) is 1. The molecule has 0 saturated carbocycles. The van der Waals surface area contributed by atoms with Gasteiger partial charge in [0.15, 0.2) is 0 Å². The highest BCUT2D eigenvalue weighted by Crippen LogP contribution is 2.04. The predicted octanol–water partition coefficient (Wildman–Crippen LogP) is 0.295. The molecular weight excluding hydrogens is 268 g/mol. The molecule has 1 amide bonds. The van der Waals surface area contributed by atoms with E-state index in [4.69, 9.17) is 4.74 Å². The number of hydrogen-bond donors (Lipinski definition) is 2. The van der Waals surface area contributed by atoms with Crippen LogP contribution in [0.5, 0.6) is 0 Å². The number of aliphatic hydroxyl groups excluding tert-OH is 1. The van der Waals surface area contributed by atoms with Crippen molar-refractivity contribution in [3.8, 4) is 0 Å². The number of hydrogen-bond acceptors (Lipinski definition) is 3. The maximum absolute atomic E-state index is 12.1. The van der Waals surface area contributed by atoms with E-state index in [9.17, 15) is 9.90 Å². The fourth-order valence-electron chi connectivity index (χ4n) is 2.71. The topological polar surface area (TPSA) is 54.2 Å². The number of rotatable bonds is 6. The zero-order chi connectivity index (χ0) is 15.1. The van der Waals surface area contributed by atoms with Gasteiger partial charge in [0.2, 0.25) is 0 Å². The zero-order valence-corrected chi connectivity index (χ0v) is 12.6. The Morgan fingerprint density at radius 3 is 2.62 bits per heavy atom. The third kappa shape index (κ3) is 4.72. The van der Waals surface area contributed by atoms with Crippen molar-refractivity contribution in [1.29, 1.82) is 0 Å². The lowest BCUT2D eigenvalue weighted by atomic mass is 10.2. The molecule has 0 unspecified atom stereocenters. The molecule has 0 radical (unpaired) electrons. The van der Waals surface area contributed by atoms with Crippen LogP contribution in [0.15, 0.2) is 30.3 Å². The minimum absolute atomic E-state index is 0.0273. The third-order valence-electron chi connectivity index (χ3n) is 4.09. The number of carbonyl (C=O) groups is 1. The molecule has 1 aromatic carbocycles. The maximum Gasteiger partial charge on any atom is 0.410 e. The van der Waals surface area contributed by atoms with Gasteiger partial charge < -0.3 is 19.6 Å². The van der Waals surface area contributed by atoms with E-state index in [-0.39, 0.29) is 25.3 Å². The molecule has 1 saturated heterocycles. The largest absolute Gasteiger partial charge is 0.445 e. The first kappa shape index (κ1) is 15.8. The van der Waals surface area contributed by atoms with Gasteiger partial charge in [-0.25, -0.2) is 4.79 Å². The molecule has 2 N–H and O–H groups in total. The number of nitrogens with zero attached hydrogens (tertiary/aromatic N) is 1. The van der Waals surface area contributed by atoms with Crippen molar-refractivity contribution in [2.75, 3.05) is 33.3 Å². The summed E-state index contributed by atoms with van der Waals surface area (Å²) >= 11 is 0. The molecule has 1 heterocycles. The van der Waals surface area contributed by atoms with E-state index in [1.54, 1.807) is 7.05 Å². The molecule has 1 fully saturated rings. The van der Waals surface area contributed by atoms with Crippen LogP contribution in [-0.2, 0) is 11.3 Å². The van der Waals surface area contributed by atoms with Gasteiger partial charge in [0, 0.05) is 19.9 Å². The fraction of sp³-hybridized carbons (Fsp3) is 0.562. The Kier molecular flexibility index (Phi) is 6.02. The second-order valence-electron chi connectivity index (χ2n) is 5.65. The molecular formula is C16H25N2O3+. The number of ether oxygens (including phenoxy) is 1. The Balaban J connectivity index is 1.81. The summed E-state index contributed by atoms with van der Waals surface area (Å²) in [6, 6.07) is 9.43. The first-order valence-electron chi connectivity index (χ1n) is 7.58. The Bertz CT molecular complexity index is 432. The quantitative estimate of drug-likeness (QED) is 0.793. The molecule has 1 aromatic rings. The zero-order valence-electron chi connectivity index (χ0n) is 12.6. The third-order valence-corrected chi connectivity index (χ3v) is 4.09. The summed E-state index contributed by atoms with van der Waals surface area (Å²) in [7, 11) is 1.70. The minimum Gasteiger partial charge on any atom is -0.445 e. The van der Waals surface area contributed by atoms with Gasteiger partial charge in [0.1, 0.15) is 19.2 Å². The van der Waals surface area contributed by atoms with Gasteiger partial charge in [-0.3, -0.25) is 0 Å². The van der Waals surface area contributed by atoms with Crippen molar-refractivity contribution in [2.45, 2.75) is 25.5 Å². The Hall–Kier alpha value is -1.59. The van der Waals surface area contributed by atoms with Gasteiger partial charge >= 0.3 is 6.09 Å². The molecule has 5 heteroatoms. The van der Waals surface area contributed by atoms with Gasteiger partial charge in [-0.2, -0.15) is 0 Å². The first-order chi connectivity index (χ1) is 10.2. The molecule has 1 aliphatic rings. The summed E-state index contributed by atoms with van der Waals surface area (Å²) in [5, 5.41) is 9.53. The van der Waals surface area contributed by atoms with Crippen molar-refractivity contribution in [2.24, 2.45) is 0 Å². The summed E-state index contributed by atoms with van der Waals surface area (Å²) < 4.78 is 5.30. The van der Waals surface area contributed by atoms with E-state index in [0.717, 1.165) is 25.2 Å². The molecule has 1 atom stereocenters. The second-order valence-corrected chi connectivity index (χ2v) is 5.65. The van der Waals surface area contributed by atoms with E-state index < -0.39 is 0 Å². The lowest BCUT2D eigenvalue weighted by Crippen LogP contribution is -3.11. The van der Waals surface area contributed by atoms with Crippen LogP contribution >= 0.6 is 0 Å². The molecule has 0 spiro atoms. The normalized spacial score (nSPS) is 16.7. The number of aliphatic hydroxyl groups is 1. The van der Waals surface area contributed by atoms with Gasteiger partial charge in [0.05, 0.1) is 19.7 Å². The van der Waals surface area contributed by atoms with Crippen molar-refractivity contribution >= 4 is 6.09 Å². The van der Waals surface area contributed by atoms with Gasteiger partial charge in [-0.05, 0) is 5.56 Å². The predicted molar refractivity (Wildman–Crippen MR) is 80.1 cm³/mol. The number of benzene rings is 1. The van der Waals surface area contributed by atoms with Crippen molar-refractivity contribution < 1.29 is 19.5 Å². The monoisotopic (exact) mass is 293 g/mol. The lowest BCUT2D eigenvalue weighted by Gasteiger charge is -2.27. The highest BCUT2D eigenvalue weighted by Gasteiger charge is 2.26. The summed E-state index contributed by atoms with van der Waals surface area (Å²) in [5.74, 6) is 0. The summed E-state index contributed by atoms with van der Waals surface area (Å²) in [6.07, 6.45) is 2.09. The molecule has 0 bridgehead atoms. The average Bonchev–Trinajstić information content (AvgIpc) is 3.03. The fourth-order valence-corrected chi connectivity index (χ4v) is 2.71. The molecule has 0 aromatic heterocycles. The number of quaternary nitrogens is 1. The number of likely N-dealkylation sites (N-methyl/N-ethyl adjacent to an activating group) is 1. The molecule has 2 rings (SSSR count). The highest BCUT2D eigenvalue weighted by molar-refractivity contribution is 5.67. The second kappa shape index (κ2) is 8.00. The summed E-state index contributed by atoms with van der Waals surface area (Å²) in [5.41, 5.74) is 0.963. The average molecular weight is 293 g/mol. The Morgan fingerprint density at radius 1 is 1.33 bits per heavy atom. The van der Waals surface area contributed by atoms with Crippen LogP contribution in [0.1, 0.15) is 18.4 Å². The number of nitrogens with one attached hydrogen (secondary N) is 1. The van der Waals surface area contributed by atoms with Crippen LogP contribution in [0.25, 0.3) is 0 Å². The Morgan fingerprint density at radius 2 is 2.00 bits per heavy atom. The number of carbonyl (C=O) groups excluding carboxylic acids is 1. The van der Waals surface area contributed by atoms with Crippen LogP contribution in [0.4, 0.5) is 4.79 Å². The van der Waals surface area contributed by atoms with E-state index >= 15 is 0 Å². The summed E-state index contributed by atoms with van der Waals surface area (Å²) in [4.78, 5) is 15.1. The van der Waals surface area contributed by atoms with Gasteiger partial charge in [0.25, 0.3) is 0 Å². The van der Waals surface area contributed by atoms with Crippen LogP contribution in [0.3, 0.4) is 0 Å². The van der Waals surface area contributed by atoms with E-state index in [2.05, 4.69) is 0 Å². The van der Waals surface area contributed by atoms with Crippen molar-refractivity contribution in [3.63, 3.8) is 0 Å². The van der Waals surface area contributed by atoms with E-state index in [1.165, 1.54) is 22.6 Å². The molecule has 0 aliphatic carbocycles. The molecule has 1 aliphatic heterocycles. The van der Waals surface area contributed by atoms with Gasteiger partial charge in [-0.15, -0.1) is 0 Å². The standard InChI is InChI=1S/C16H24N2O3/c1-17(15(12-19)11-18-9-5-6-10-18)16(20)21-13-14-7-3-2-4-8-14/h2-4,7-8,15,19H,5-6,9-13H2,1H3/p+1/t15-/m1/s1. The molecule has 116 valence electrons. The lowest BCUT2D eigenvalue weighted by molar-refractivity contribution is -0.889. The van der Waals surface area contributed by atoms with Crippen LogP contribution in [0, 0.1) is 0 Å². The Labute approximate surface area is 126 Å². The van der Waals surface area contributed by atoms with E-state index in [1.807, 2.05) is 30.3 Å². The highest BCUT2D eigenvalue weighted by atomic mass is 16.6. The minimum atomic E-state index is -0.378. The van der Waals surface area contributed by atoms with Crippen molar-refractivity contribution in [1.82, 2.24) is 4.90 Å². The molecule has 5 nitrogen and oxygen atoms in total. The van der Waals surface area contributed by atoms with E-state index in [0.29, 0.717) is 0 Å². The SMILES string of the molecule is CN(C(=O)OCc1ccccc1)[C@@H](CO)C[NH+]1CCCC1. The van der Waals surface area contributed by atoms with Crippen LogP contribution in [-0.4, -0.2) is 55.4 Å². The maximum atomic E-state index is 12.1. The smallest absolute Gasteiger partial charge is 0.410 e. The molecule has 21 heavy (non-hydrogen) atoms. The van der Waals surface area contributed by atoms with Crippen LogP contribution in [0.2, 0.25) is 0 Å². The number of amides is 1. The summed E-state index contributed by atoms with van der Waals surface area (Å²) in [6.45, 7) is 3.28. The van der Waals surface area contributed by atoms with Crippen LogP contribution < -0.4 is 4.90 Å².